The molecule has 2 aromatic rings. The molecule has 1 atom stereocenters. The van der Waals surface area contributed by atoms with Crippen LogP contribution in [-0.2, 0) is 13.1 Å². The van der Waals surface area contributed by atoms with Gasteiger partial charge >= 0.3 is 6.03 Å². The minimum Gasteiger partial charge on any atom is -0.337 e. The summed E-state index contributed by atoms with van der Waals surface area (Å²) in [5, 5.41) is 5.76. The van der Waals surface area contributed by atoms with Crippen molar-refractivity contribution in [3.05, 3.63) is 66.0 Å². The highest BCUT2D eigenvalue weighted by Gasteiger charge is 2.11. The summed E-state index contributed by atoms with van der Waals surface area (Å²) >= 11 is 0. The normalized spacial score (nSPS) is 12.0. The van der Waals surface area contributed by atoms with E-state index in [1.54, 1.807) is 12.4 Å². The number of aromatic nitrogens is 1. The highest BCUT2D eigenvalue weighted by molar-refractivity contribution is 5.73. The van der Waals surface area contributed by atoms with Crippen LogP contribution in [0.4, 0.5) is 4.79 Å². The molecule has 5 nitrogen and oxygen atoms in total. The van der Waals surface area contributed by atoms with Gasteiger partial charge < -0.3 is 10.6 Å². The fourth-order valence-corrected chi connectivity index (χ4v) is 2.17. The Kier molecular flexibility index (Phi) is 6.56. The maximum atomic E-state index is 11.8. The first-order chi connectivity index (χ1) is 11.1. The average molecular weight is 312 g/mol. The molecule has 0 aliphatic rings. The van der Waals surface area contributed by atoms with Gasteiger partial charge in [-0.25, -0.2) is 4.79 Å². The van der Waals surface area contributed by atoms with E-state index in [1.807, 2.05) is 30.3 Å². The topological polar surface area (TPSA) is 57.3 Å². The molecule has 2 rings (SSSR count). The summed E-state index contributed by atoms with van der Waals surface area (Å²) in [7, 11) is 2.06. The molecular formula is C18H24N4O. The molecule has 2 amide bonds. The van der Waals surface area contributed by atoms with E-state index < -0.39 is 0 Å². The van der Waals surface area contributed by atoms with Gasteiger partial charge in [-0.15, -0.1) is 0 Å². The summed E-state index contributed by atoms with van der Waals surface area (Å²) in [6, 6.07) is 14.2. The Balaban J connectivity index is 1.68. The van der Waals surface area contributed by atoms with Crippen molar-refractivity contribution in [2.24, 2.45) is 0 Å². The molecule has 0 saturated carbocycles. The number of hydrogen-bond acceptors (Lipinski definition) is 3. The number of urea groups is 1. The van der Waals surface area contributed by atoms with Crippen LogP contribution in [0.15, 0.2) is 54.9 Å². The molecule has 1 heterocycles. The van der Waals surface area contributed by atoms with Crippen LogP contribution in [0.3, 0.4) is 0 Å². The summed E-state index contributed by atoms with van der Waals surface area (Å²) < 4.78 is 0. The molecule has 0 aliphatic heterocycles. The molecule has 0 unspecified atom stereocenters. The molecule has 0 saturated heterocycles. The van der Waals surface area contributed by atoms with Crippen LogP contribution >= 0.6 is 0 Å². The van der Waals surface area contributed by atoms with E-state index in [1.165, 1.54) is 5.56 Å². The van der Waals surface area contributed by atoms with Crippen molar-refractivity contribution < 1.29 is 4.79 Å². The summed E-state index contributed by atoms with van der Waals surface area (Å²) in [4.78, 5) is 18.0. The van der Waals surface area contributed by atoms with E-state index >= 15 is 0 Å². The van der Waals surface area contributed by atoms with E-state index in [0.29, 0.717) is 13.1 Å². The second-order valence-corrected chi connectivity index (χ2v) is 5.67. The fraction of sp³-hybridized carbons (Fsp3) is 0.333. The Labute approximate surface area is 137 Å². The molecule has 0 radical (unpaired) electrons. The first kappa shape index (κ1) is 17.0. The highest BCUT2D eigenvalue weighted by Crippen LogP contribution is 2.05. The van der Waals surface area contributed by atoms with Gasteiger partial charge in [0.05, 0.1) is 0 Å². The fourth-order valence-electron chi connectivity index (χ4n) is 2.17. The molecule has 1 aromatic heterocycles. The summed E-state index contributed by atoms with van der Waals surface area (Å²) in [6.07, 6.45) is 3.44. The number of likely N-dealkylation sites (N-methyl/N-ethyl adjacent to an activating group) is 1. The van der Waals surface area contributed by atoms with Gasteiger partial charge in [-0.05, 0) is 37.2 Å². The monoisotopic (exact) mass is 312 g/mol. The van der Waals surface area contributed by atoms with Gasteiger partial charge in [-0.1, -0.05) is 30.3 Å². The van der Waals surface area contributed by atoms with Crippen molar-refractivity contribution in [2.45, 2.75) is 26.1 Å². The minimum absolute atomic E-state index is 0.151. The van der Waals surface area contributed by atoms with Crippen molar-refractivity contribution in [3.63, 3.8) is 0 Å². The number of nitrogens with one attached hydrogen (secondary N) is 2. The SMILES string of the molecule is C[C@@H](CNC(=O)NCc1ccncc1)N(C)Cc1ccccc1. The van der Waals surface area contributed by atoms with E-state index in [0.717, 1.165) is 12.1 Å². The molecule has 23 heavy (non-hydrogen) atoms. The zero-order chi connectivity index (χ0) is 16.5. The molecule has 1 aromatic carbocycles. The van der Waals surface area contributed by atoms with Crippen LogP contribution in [-0.4, -0.2) is 35.5 Å². The molecule has 0 bridgehead atoms. The maximum absolute atomic E-state index is 11.8. The predicted molar refractivity (Wildman–Crippen MR) is 91.8 cm³/mol. The van der Waals surface area contributed by atoms with Crippen LogP contribution in [0.5, 0.6) is 0 Å². The first-order valence-electron chi connectivity index (χ1n) is 7.80. The highest BCUT2D eigenvalue weighted by atomic mass is 16.2. The number of benzene rings is 1. The van der Waals surface area contributed by atoms with Gasteiger partial charge in [0.1, 0.15) is 0 Å². The second-order valence-electron chi connectivity index (χ2n) is 5.67. The zero-order valence-electron chi connectivity index (χ0n) is 13.7. The maximum Gasteiger partial charge on any atom is 0.315 e. The predicted octanol–water partition coefficient (Wildman–Crippen LogP) is 2.40. The zero-order valence-corrected chi connectivity index (χ0v) is 13.7. The van der Waals surface area contributed by atoms with Gasteiger partial charge in [-0.2, -0.15) is 0 Å². The van der Waals surface area contributed by atoms with Crippen LogP contribution in [0.25, 0.3) is 0 Å². The lowest BCUT2D eigenvalue weighted by Crippen LogP contribution is -2.43. The van der Waals surface area contributed by atoms with Crippen molar-refractivity contribution in [1.82, 2.24) is 20.5 Å². The summed E-state index contributed by atoms with van der Waals surface area (Å²) in [5.41, 5.74) is 2.30. The molecule has 122 valence electrons. The van der Waals surface area contributed by atoms with Gasteiger partial charge in [0.2, 0.25) is 0 Å². The van der Waals surface area contributed by atoms with Crippen LogP contribution in [0.2, 0.25) is 0 Å². The quantitative estimate of drug-likeness (QED) is 0.825. The van der Waals surface area contributed by atoms with E-state index in [4.69, 9.17) is 0 Å². The molecule has 2 N–H and O–H groups in total. The lowest BCUT2D eigenvalue weighted by atomic mass is 10.2. The van der Waals surface area contributed by atoms with Crippen molar-refractivity contribution in [3.8, 4) is 0 Å². The lowest BCUT2D eigenvalue weighted by molar-refractivity contribution is 0.223. The number of carbonyl (C=O) groups excluding carboxylic acids is 1. The molecule has 0 fully saturated rings. The first-order valence-corrected chi connectivity index (χ1v) is 7.80. The molecule has 0 aliphatic carbocycles. The standard InChI is InChI=1S/C18H24N4O/c1-15(22(2)14-17-6-4-3-5-7-17)12-20-18(23)21-13-16-8-10-19-11-9-16/h3-11,15H,12-14H2,1-2H3,(H2,20,21,23)/t15-/m0/s1. The van der Waals surface area contributed by atoms with Crippen molar-refractivity contribution in [1.29, 1.82) is 0 Å². The summed E-state index contributed by atoms with van der Waals surface area (Å²) in [6.45, 7) is 4.07. The van der Waals surface area contributed by atoms with Gasteiger partial charge in [-0.3, -0.25) is 9.88 Å². The van der Waals surface area contributed by atoms with Crippen LogP contribution in [0, 0.1) is 0 Å². The number of carbonyl (C=O) groups is 1. The Bertz CT molecular complexity index is 588. The number of rotatable bonds is 7. The average Bonchev–Trinajstić information content (AvgIpc) is 2.59. The van der Waals surface area contributed by atoms with E-state index in [2.05, 4.69) is 46.6 Å². The van der Waals surface area contributed by atoms with Gasteiger partial charge in [0.15, 0.2) is 0 Å². The van der Waals surface area contributed by atoms with Crippen LogP contribution in [0.1, 0.15) is 18.1 Å². The van der Waals surface area contributed by atoms with Crippen LogP contribution < -0.4 is 10.6 Å². The smallest absolute Gasteiger partial charge is 0.315 e. The molecule has 0 spiro atoms. The second kappa shape index (κ2) is 8.90. The third kappa shape index (κ3) is 6.08. The number of amides is 2. The number of pyridine rings is 1. The third-order valence-corrected chi connectivity index (χ3v) is 3.79. The molecule has 5 heteroatoms. The van der Waals surface area contributed by atoms with Gasteiger partial charge in [0.25, 0.3) is 0 Å². The number of hydrogen-bond donors (Lipinski definition) is 2. The Morgan fingerprint density at radius 3 is 2.48 bits per heavy atom. The van der Waals surface area contributed by atoms with Gasteiger partial charge in [0, 0.05) is 38.1 Å². The molecular weight excluding hydrogens is 288 g/mol. The minimum atomic E-state index is -0.151. The van der Waals surface area contributed by atoms with E-state index in [-0.39, 0.29) is 12.1 Å². The Hall–Kier alpha value is -2.40. The number of nitrogens with zero attached hydrogens (tertiary/aromatic N) is 2. The third-order valence-electron chi connectivity index (χ3n) is 3.79. The Morgan fingerprint density at radius 2 is 1.78 bits per heavy atom. The van der Waals surface area contributed by atoms with Crippen molar-refractivity contribution >= 4 is 6.03 Å². The lowest BCUT2D eigenvalue weighted by Gasteiger charge is -2.25. The van der Waals surface area contributed by atoms with Crippen molar-refractivity contribution in [2.75, 3.05) is 13.6 Å². The largest absolute Gasteiger partial charge is 0.337 e. The Morgan fingerprint density at radius 1 is 1.09 bits per heavy atom. The van der Waals surface area contributed by atoms with E-state index in [9.17, 15) is 4.79 Å². The summed E-state index contributed by atoms with van der Waals surface area (Å²) in [5.74, 6) is 0.